The molecule has 1 aliphatic rings. The minimum Gasteiger partial charge on any atom is -0.374 e. The molecule has 19 heavy (non-hydrogen) atoms. The van der Waals surface area contributed by atoms with Gasteiger partial charge in [0, 0.05) is 26.2 Å². The van der Waals surface area contributed by atoms with Gasteiger partial charge in [0.25, 0.3) is 0 Å². The Labute approximate surface area is 111 Å². The highest BCUT2D eigenvalue weighted by atomic mass is 19.1. The molecule has 0 bridgehead atoms. The van der Waals surface area contributed by atoms with Crippen molar-refractivity contribution in [3.05, 3.63) is 29.8 Å². The lowest BCUT2D eigenvalue weighted by molar-refractivity contribution is -0.130. The fraction of sp³-hybridized carbons (Fsp3) is 0.462. The largest absolute Gasteiger partial charge is 0.374 e. The van der Waals surface area contributed by atoms with Crippen molar-refractivity contribution >= 4 is 11.6 Å². The summed E-state index contributed by atoms with van der Waals surface area (Å²) in [6.07, 6.45) is 0. The number of likely N-dealkylation sites (N-methyl/N-ethyl adjacent to an activating group) is 1. The normalized spacial score (nSPS) is 16.5. The van der Waals surface area contributed by atoms with Gasteiger partial charge in [-0.05, 0) is 25.2 Å². The van der Waals surface area contributed by atoms with Crippen LogP contribution in [0.3, 0.4) is 0 Å². The first kappa shape index (κ1) is 13.7. The van der Waals surface area contributed by atoms with Crippen LogP contribution in [0.5, 0.6) is 0 Å². The molecule has 1 aromatic carbocycles. The molecule has 1 saturated heterocycles. The zero-order valence-corrected chi connectivity index (χ0v) is 10.8. The number of halogens is 2. The zero-order valence-electron chi connectivity index (χ0n) is 10.8. The fourth-order valence-electron chi connectivity index (χ4n) is 1.97. The second kappa shape index (κ2) is 5.97. The summed E-state index contributed by atoms with van der Waals surface area (Å²) in [6.45, 7) is 2.98. The summed E-state index contributed by atoms with van der Waals surface area (Å²) < 4.78 is 26.3. The number of benzene rings is 1. The molecule has 0 aromatic heterocycles. The van der Waals surface area contributed by atoms with Crippen molar-refractivity contribution in [2.45, 2.75) is 0 Å². The summed E-state index contributed by atoms with van der Waals surface area (Å²) in [6, 6.07) is 3.13. The second-order valence-corrected chi connectivity index (χ2v) is 4.66. The van der Waals surface area contributed by atoms with Gasteiger partial charge in [0.15, 0.2) is 0 Å². The van der Waals surface area contributed by atoms with Gasteiger partial charge in [0.2, 0.25) is 5.91 Å². The number of piperazine rings is 1. The molecule has 104 valence electrons. The summed E-state index contributed by atoms with van der Waals surface area (Å²) in [7, 11) is 2.00. The van der Waals surface area contributed by atoms with E-state index < -0.39 is 11.6 Å². The Kier molecular flexibility index (Phi) is 4.31. The van der Waals surface area contributed by atoms with E-state index in [1.807, 2.05) is 7.05 Å². The third kappa shape index (κ3) is 3.64. The van der Waals surface area contributed by atoms with Crippen molar-refractivity contribution in [2.75, 3.05) is 45.1 Å². The van der Waals surface area contributed by atoms with E-state index >= 15 is 0 Å². The Bertz CT molecular complexity index is 459. The maximum atomic E-state index is 13.4. The van der Waals surface area contributed by atoms with Gasteiger partial charge in [-0.15, -0.1) is 0 Å². The van der Waals surface area contributed by atoms with Crippen molar-refractivity contribution in [2.24, 2.45) is 0 Å². The number of nitrogens with zero attached hydrogens (tertiary/aromatic N) is 2. The molecule has 2 rings (SSSR count). The number of carbonyl (C=O) groups is 1. The van der Waals surface area contributed by atoms with Crippen LogP contribution in [-0.4, -0.2) is 55.5 Å². The Morgan fingerprint density at radius 1 is 1.26 bits per heavy atom. The predicted molar refractivity (Wildman–Crippen MR) is 68.9 cm³/mol. The van der Waals surface area contributed by atoms with Crippen molar-refractivity contribution in [1.82, 2.24) is 9.80 Å². The Hall–Kier alpha value is -1.69. The maximum Gasteiger partial charge on any atom is 0.241 e. The Morgan fingerprint density at radius 2 is 1.95 bits per heavy atom. The van der Waals surface area contributed by atoms with Crippen LogP contribution in [0, 0.1) is 11.6 Å². The lowest BCUT2D eigenvalue weighted by Crippen LogP contribution is -2.48. The molecule has 1 amide bonds. The predicted octanol–water partition coefficient (Wildman–Crippen LogP) is 1.15. The molecule has 0 unspecified atom stereocenters. The molecular formula is C13H17F2N3O. The van der Waals surface area contributed by atoms with E-state index in [2.05, 4.69) is 10.2 Å². The van der Waals surface area contributed by atoms with Crippen LogP contribution < -0.4 is 5.32 Å². The topological polar surface area (TPSA) is 35.6 Å². The summed E-state index contributed by atoms with van der Waals surface area (Å²) in [5, 5.41) is 2.64. The van der Waals surface area contributed by atoms with Crippen molar-refractivity contribution in [1.29, 1.82) is 0 Å². The van der Waals surface area contributed by atoms with Gasteiger partial charge in [-0.1, -0.05) is 0 Å². The first-order valence-electron chi connectivity index (χ1n) is 6.21. The average molecular weight is 269 g/mol. The van der Waals surface area contributed by atoms with Crippen LogP contribution >= 0.6 is 0 Å². The minimum absolute atomic E-state index is 0.0162. The van der Waals surface area contributed by atoms with Crippen molar-refractivity contribution < 1.29 is 13.6 Å². The molecule has 0 radical (unpaired) electrons. The molecule has 0 atom stereocenters. The number of nitrogens with one attached hydrogen (secondary N) is 1. The van der Waals surface area contributed by atoms with Crippen LogP contribution in [0.4, 0.5) is 14.5 Å². The third-order valence-corrected chi connectivity index (χ3v) is 3.21. The van der Waals surface area contributed by atoms with Crippen molar-refractivity contribution in [3.8, 4) is 0 Å². The number of hydrogen-bond donors (Lipinski definition) is 1. The Balaban J connectivity index is 1.88. The number of anilines is 1. The summed E-state index contributed by atoms with van der Waals surface area (Å²) in [5.74, 6) is -1.19. The van der Waals surface area contributed by atoms with Crippen LogP contribution in [0.1, 0.15) is 0 Å². The van der Waals surface area contributed by atoms with E-state index in [-0.39, 0.29) is 18.1 Å². The quantitative estimate of drug-likeness (QED) is 0.894. The average Bonchev–Trinajstić information content (AvgIpc) is 2.40. The summed E-state index contributed by atoms with van der Waals surface area (Å²) in [4.78, 5) is 15.8. The molecule has 1 fully saturated rings. The molecule has 1 heterocycles. The molecule has 1 aliphatic heterocycles. The first-order chi connectivity index (χ1) is 9.06. The maximum absolute atomic E-state index is 13.4. The smallest absolute Gasteiger partial charge is 0.241 e. The third-order valence-electron chi connectivity index (χ3n) is 3.21. The van der Waals surface area contributed by atoms with Crippen LogP contribution in [0.15, 0.2) is 18.2 Å². The van der Waals surface area contributed by atoms with Crippen LogP contribution in [0.2, 0.25) is 0 Å². The molecule has 6 heteroatoms. The van der Waals surface area contributed by atoms with E-state index in [4.69, 9.17) is 0 Å². The standard InChI is InChI=1S/C13H17F2N3O/c1-17-4-6-18(7-5-17)13(19)9-16-12-8-10(14)2-3-11(12)15/h2-3,8,16H,4-7,9H2,1H3. The number of hydrogen-bond acceptors (Lipinski definition) is 3. The van der Waals surface area contributed by atoms with Gasteiger partial charge in [-0.2, -0.15) is 0 Å². The molecule has 0 aliphatic carbocycles. The molecule has 1 N–H and O–H groups in total. The van der Waals surface area contributed by atoms with Crippen molar-refractivity contribution in [3.63, 3.8) is 0 Å². The zero-order chi connectivity index (χ0) is 13.8. The van der Waals surface area contributed by atoms with E-state index in [1.54, 1.807) is 4.90 Å². The minimum atomic E-state index is -0.562. The molecular weight excluding hydrogens is 252 g/mol. The fourth-order valence-corrected chi connectivity index (χ4v) is 1.97. The monoisotopic (exact) mass is 269 g/mol. The van der Waals surface area contributed by atoms with Gasteiger partial charge in [0.05, 0.1) is 12.2 Å². The first-order valence-corrected chi connectivity index (χ1v) is 6.21. The highest BCUT2D eigenvalue weighted by Gasteiger charge is 2.18. The number of rotatable bonds is 3. The van der Waals surface area contributed by atoms with Crippen LogP contribution in [-0.2, 0) is 4.79 Å². The SMILES string of the molecule is CN1CCN(C(=O)CNc2cc(F)ccc2F)CC1. The van der Waals surface area contributed by atoms with Gasteiger partial charge in [-0.3, -0.25) is 4.79 Å². The van der Waals surface area contributed by atoms with E-state index in [1.165, 1.54) is 0 Å². The number of amides is 1. The lowest BCUT2D eigenvalue weighted by Gasteiger charge is -2.32. The lowest BCUT2D eigenvalue weighted by atomic mass is 10.3. The molecule has 0 spiro atoms. The van der Waals surface area contributed by atoms with Crippen LogP contribution in [0.25, 0.3) is 0 Å². The van der Waals surface area contributed by atoms with E-state index in [0.717, 1.165) is 31.3 Å². The molecule has 0 saturated carbocycles. The van der Waals surface area contributed by atoms with Gasteiger partial charge in [0.1, 0.15) is 11.6 Å². The van der Waals surface area contributed by atoms with E-state index in [9.17, 15) is 13.6 Å². The number of carbonyl (C=O) groups excluding carboxylic acids is 1. The van der Waals surface area contributed by atoms with Gasteiger partial charge < -0.3 is 15.1 Å². The summed E-state index contributed by atoms with van der Waals surface area (Å²) >= 11 is 0. The molecule has 4 nitrogen and oxygen atoms in total. The van der Waals surface area contributed by atoms with E-state index in [0.29, 0.717) is 13.1 Å². The Morgan fingerprint density at radius 3 is 2.63 bits per heavy atom. The second-order valence-electron chi connectivity index (χ2n) is 4.66. The van der Waals surface area contributed by atoms with Gasteiger partial charge >= 0.3 is 0 Å². The molecule has 1 aromatic rings. The highest BCUT2D eigenvalue weighted by Crippen LogP contribution is 2.15. The highest BCUT2D eigenvalue weighted by molar-refractivity contribution is 5.81. The van der Waals surface area contributed by atoms with Gasteiger partial charge in [-0.25, -0.2) is 8.78 Å². The summed E-state index contributed by atoms with van der Waals surface area (Å²) in [5.41, 5.74) is 0.0162.